The lowest BCUT2D eigenvalue weighted by atomic mass is 10.0. The third kappa shape index (κ3) is 5.59. The van der Waals surface area contributed by atoms with Crippen molar-refractivity contribution in [3.05, 3.63) is 58.7 Å². The van der Waals surface area contributed by atoms with Crippen LogP contribution >= 0.6 is 0 Å². The Morgan fingerprint density at radius 3 is 2.25 bits per heavy atom. The molecule has 1 unspecified atom stereocenters. The van der Waals surface area contributed by atoms with Crippen molar-refractivity contribution < 1.29 is 14.3 Å². The van der Waals surface area contributed by atoms with Crippen molar-refractivity contribution >= 4 is 17.5 Å². The molecule has 0 heterocycles. The summed E-state index contributed by atoms with van der Waals surface area (Å²) in [6.07, 6.45) is -0.702. The minimum Gasteiger partial charge on any atom is -0.481 e. The Morgan fingerprint density at radius 1 is 1.00 bits per heavy atom. The Hall–Kier alpha value is -2.82. The number of ether oxygens (including phenoxy) is 1. The molecule has 0 aliphatic heterocycles. The van der Waals surface area contributed by atoms with Gasteiger partial charge in [0.25, 0.3) is 5.91 Å². The molecular formula is C23H30N2O3. The highest BCUT2D eigenvalue weighted by Gasteiger charge is 2.18. The number of anilines is 1. The fraction of sp³-hybridized carbons (Fsp3) is 0.391. The van der Waals surface area contributed by atoms with Gasteiger partial charge in [-0.3, -0.25) is 9.59 Å². The van der Waals surface area contributed by atoms with Crippen LogP contribution in [0.1, 0.15) is 48.9 Å². The first-order chi connectivity index (χ1) is 13.2. The van der Waals surface area contributed by atoms with Gasteiger partial charge in [-0.25, -0.2) is 0 Å². The molecule has 0 bridgehead atoms. The van der Waals surface area contributed by atoms with E-state index in [0.29, 0.717) is 5.75 Å². The van der Waals surface area contributed by atoms with Crippen molar-refractivity contribution in [2.24, 2.45) is 0 Å². The summed E-state index contributed by atoms with van der Waals surface area (Å²) in [5.41, 5.74) is 4.87. The molecule has 150 valence electrons. The van der Waals surface area contributed by atoms with Crippen LogP contribution < -0.4 is 15.4 Å². The molecule has 28 heavy (non-hydrogen) atoms. The van der Waals surface area contributed by atoms with Crippen LogP contribution in [0.5, 0.6) is 5.75 Å². The largest absolute Gasteiger partial charge is 0.481 e. The van der Waals surface area contributed by atoms with Crippen LogP contribution in [-0.4, -0.2) is 24.5 Å². The van der Waals surface area contributed by atoms with Crippen molar-refractivity contribution in [3.63, 3.8) is 0 Å². The topological polar surface area (TPSA) is 67.4 Å². The molecular weight excluding hydrogens is 352 g/mol. The maximum Gasteiger partial charge on any atom is 0.261 e. The highest BCUT2D eigenvalue weighted by atomic mass is 16.5. The number of carbonyl (C=O) groups excluding carboxylic acids is 2. The Morgan fingerprint density at radius 2 is 1.64 bits per heavy atom. The molecule has 2 aromatic carbocycles. The molecule has 0 aliphatic carbocycles. The Labute approximate surface area is 167 Å². The van der Waals surface area contributed by atoms with E-state index in [-0.39, 0.29) is 24.3 Å². The van der Waals surface area contributed by atoms with E-state index in [1.807, 2.05) is 57.2 Å². The second-order valence-corrected chi connectivity index (χ2v) is 7.49. The van der Waals surface area contributed by atoms with Crippen LogP contribution in [0.15, 0.2) is 36.4 Å². The average Bonchev–Trinajstić information content (AvgIpc) is 2.62. The van der Waals surface area contributed by atoms with Gasteiger partial charge in [0.2, 0.25) is 5.91 Å². The molecule has 2 amide bonds. The van der Waals surface area contributed by atoms with Crippen LogP contribution in [0.4, 0.5) is 5.69 Å². The third-order valence-electron chi connectivity index (χ3n) is 4.63. The van der Waals surface area contributed by atoms with Crippen LogP contribution in [0.2, 0.25) is 0 Å². The lowest BCUT2D eigenvalue weighted by Gasteiger charge is -2.19. The number of nitrogens with one attached hydrogen (secondary N) is 2. The molecule has 0 aliphatic rings. The molecule has 2 N–H and O–H groups in total. The number of aryl methyl sites for hydroxylation is 3. The minimum absolute atomic E-state index is 0.106. The van der Waals surface area contributed by atoms with Crippen molar-refractivity contribution in [2.75, 3.05) is 11.9 Å². The van der Waals surface area contributed by atoms with E-state index in [9.17, 15) is 9.59 Å². The van der Waals surface area contributed by atoms with Crippen molar-refractivity contribution in [3.8, 4) is 5.75 Å². The summed E-state index contributed by atoms with van der Waals surface area (Å²) in [4.78, 5) is 24.6. The van der Waals surface area contributed by atoms with E-state index in [2.05, 4.69) is 24.5 Å². The third-order valence-corrected chi connectivity index (χ3v) is 4.63. The number of hydrogen-bond donors (Lipinski definition) is 2. The average molecular weight is 383 g/mol. The zero-order valence-corrected chi connectivity index (χ0v) is 17.6. The van der Waals surface area contributed by atoms with E-state index in [1.54, 1.807) is 6.92 Å². The zero-order valence-electron chi connectivity index (χ0n) is 17.6. The first-order valence-electron chi connectivity index (χ1n) is 9.60. The quantitative estimate of drug-likeness (QED) is 0.752. The van der Waals surface area contributed by atoms with Gasteiger partial charge in [0, 0.05) is 5.69 Å². The predicted molar refractivity (Wildman–Crippen MR) is 113 cm³/mol. The van der Waals surface area contributed by atoms with Crippen molar-refractivity contribution in [1.82, 2.24) is 5.32 Å². The normalized spacial score (nSPS) is 11.8. The van der Waals surface area contributed by atoms with Gasteiger partial charge >= 0.3 is 0 Å². The summed E-state index contributed by atoms with van der Waals surface area (Å²) >= 11 is 0. The molecule has 0 saturated carbocycles. The van der Waals surface area contributed by atoms with Gasteiger partial charge in [0.15, 0.2) is 6.10 Å². The summed E-state index contributed by atoms with van der Waals surface area (Å²) in [5.74, 6) is 0.399. The second-order valence-electron chi connectivity index (χ2n) is 7.49. The number of hydrogen-bond acceptors (Lipinski definition) is 3. The van der Waals surface area contributed by atoms with E-state index < -0.39 is 6.10 Å². The second kappa shape index (κ2) is 9.40. The molecule has 5 nitrogen and oxygen atoms in total. The Kier molecular flexibility index (Phi) is 7.21. The molecule has 0 saturated heterocycles. The smallest absolute Gasteiger partial charge is 0.261 e. The van der Waals surface area contributed by atoms with Gasteiger partial charge in [-0.15, -0.1) is 0 Å². The molecule has 0 spiro atoms. The van der Waals surface area contributed by atoms with Gasteiger partial charge in [-0.1, -0.05) is 44.2 Å². The van der Waals surface area contributed by atoms with E-state index in [0.717, 1.165) is 27.9 Å². The van der Waals surface area contributed by atoms with Crippen molar-refractivity contribution in [1.29, 1.82) is 0 Å². The Bertz CT molecular complexity index is 839. The van der Waals surface area contributed by atoms with Crippen LogP contribution in [-0.2, 0) is 9.59 Å². The summed E-state index contributed by atoms with van der Waals surface area (Å²) < 4.78 is 5.89. The van der Waals surface area contributed by atoms with Gasteiger partial charge < -0.3 is 15.4 Å². The predicted octanol–water partition coefficient (Wildman–Crippen LogP) is 4.26. The molecule has 0 aromatic heterocycles. The van der Waals surface area contributed by atoms with E-state index in [1.165, 1.54) is 0 Å². The SMILES string of the molecule is Cc1ccc(C(C)C)c(OC(C)C(=O)NCC(=O)Nc2c(C)cccc2C)c1. The molecule has 1 atom stereocenters. The van der Waals surface area contributed by atoms with Crippen LogP contribution in [0.3, 0.4) is 0 Å². The summed E-state index contributed by atoms with van der Waals surface area (Å²) in [5, 5.41) is 5.51. The molecule has 2 rings (SSSR count). The monoisotopic (exact) mass is 382 g/mol. The molecule has 2 aromatic rings. The number of amides is 2. The standard InChI is InChI=1S/C23H30N2O3/c1-14(2)19-11-10-15(3)12-20(19)28-18(6)23(27)24-13-21(26)25-22-16(4)8-7-9-17(22)5/h7-12,14,18H,13H2,1-6H3,(H,24,27)(H,25,26). The fourth-order valence-corrected chi connectivity index (χ4v) is 2.97. The first-order valence-corrected chi connectivity index (χ1v) is 9.60. The summed E-state index contributed by atoms with van der Waals surface area (Å²) in [6, 6.07) is 11.8. The zero-order chi connectivity index (χ0) is 20.8. The number of benzene rings is 2. The van der Waals surface area contributed by atoms with Gasteiger partial charge in [-0.05, 0) is 61.9 Å². The van der Waals surface area contributed by atoms with Gasteiger partial charge in [0.1, 0.15) is 5.75 Å². The molecule has 5 heteroatoms. The Balaban J connectivity index is 1.94. The van der Waals surface area contributed by atoms with Gasteiger partial charge in [-0.2, -0.15) is 0 Å². The number of carbonyl (C=O) groups is 2. The lowest BCUT2D eigenvalue weighted by Crippen LogP contribution is -2.40. The number of rotatable bonds is 7. The van der Waals surface area contributed by atoms with Crippen LogP contribution in [0, 0.1) is 20.8 Å². The van der Waals surface area contributed by atoms with Crippen molar-refractivity contribution in [2.45, 2.75) is 53.6 Å². The first kappa shape index (κ1) is 21.5. The van der Waals surface area contributed by atoms with Crippen LogP contribution in [0.25, 0.3) is 0 Å². The summed E-state index contributed by atoms with van der Waals surface area (Å²) in [6.45, 7) is 11.6. The van der Waals surface area contributed by atoms with E-state index >= 15 is 0 Å². The molecule has 0 fully saturated rings. The van der Waals surface area contributed by atoms with E-state index in [4.69, 9.17) is 4.74 Å². The highest BCUT2D eigenvalue weighted by molar-refractivity contribution is 5.96. The fourth-order valence-electron chi connectivity index (χ4n) is 2.97. The van der Waals surface area contributed by atoms with Gasteiger partial charge in [0.05, 0.1) is 6.54 Å². The lowest BCUT2D eigenvalue weighted by molar-refractivity contribution is -0.129. The summed E-state index contributed by atoms with van der Waals surface area (Å²) in [7, 11) is 0. The molecule has 0 radical (unpaired) electrons. The number of para-hydroxylation sites is 1. The minimum atomic E-state index is -0.702. The highest BCUT2D eigenvalue weighted by Crippen LogP contribution is 2.28. The maximum absolute atomic E-state index is 12.4. The maximum atomic E-state index is 12.4.